The summed E-state index contributed by atoms with van der Waals surface area (Å²) in [5, 5.41) is 3.92. The Bertz CT molecular complexity index is 324. The van der Waals surface area contributed by atoms with Gasteiger partial charge in [-0.25, -0.2) is 5.43 Å². The molecule has 76 valence electrons. The third-order valence-corrected chi connectivity index (χ3v) is 2.58. The molecule has 5 heteroatoms. The lowest BCUT2D eigenvalue weighted by Gasteiger charge is -2.40. The van der Waals surface area contributed by atoms with Crippen molar-refractivity contribution in [1.82, 2.24) is 10.3 Å². The van der Waals surface area contributed by atoms with E-state index >= 15 is 0 Å². The minimum atomic E-state index is -0.249. The van der Waals surface area contributed by atoms with Crippen molar-refractivity contribution in [3.63, 3.8) is 0 Å². The van der Waals surface area contributed by atoms with E-state index in [0.29, 0.717) is 6.61 Å². The summed E-state index contributed by atoms with van der Waals surface area (Å²) in [6.07, 6.45) is -0.0534. The van der Waals surface area contributed by atoms with Crippen molar-refractivity contribution < 1.29 is 9.53 Å². The van der Waals surface area contributed by atoms with Gasteiger partial charge in [-0.2, -0.15) is 5.10 Å². The SMILES string of the molecule is C=C1C(C)OCC2=NNC(=O)C(C)N12. The molecule has 1 N–H and O–H groups in total. The summed E-state index contributed by atoms with van der Waals surface area (Å²) in [6, 6.07) is -0.249. The first-order chi connectivity index (χ1) is 6.61. The van der Waals surface area contributed by atoms with E-state index in [-0.39, 0.29) is 18.1 Å². The Balaban J connectivity index is 2.33. The zero-order valence-corrected chi connectivity index (χ0v) is 8.28. The van der Waals surface area contributed by atoms with Crippen molar-refractivity contribution in [3.05, 3.63) is 12.3 Å². The number of morpholine rings is 1. The molecule has 0 spiro atoms. The number of nitrogens with zero attached hydrogens (tertiary/aromatic N) is 2. The van der Waals surface area contributed by atoms with Crippen molar-refractivity contribution in [2.45, 2.75) is 26.0 Å². The molecule has 2 rings (SSSR count). The lowest BCUT2D eigenvalue weighted by molar-refractivity contribution is -0.125. The highest BCUT2D eigenvalue weighted by atomic mass is 16.5. The minimum absolute atomic E-state index is 0.0534. The number of hydrogen-bond donors (Lipinski definition) is 1. The maximum absolute atomic E-state index is 11.4. The van der Waals surface area contributed by atoms with Crippen LogP contribution in [-0.2, 0) is 9.53 Å². The van der Waals surface area contributed by atoms with Gasteiger partial charge in [0.15, 0.2) is 5.84 Å². The lowest BCUT2D eigenvalue weighted by atomic mass is 10.1. The molecular weight excluding hydrogens is 182 g/mol. The van der Waals surface area contributed by atoms with Crippen LogP contribution in [0.1, 0.15) is 13.8 Å². The van der Waals surface area contributed by atoms with Gasteiger partial charge in [-0.3, -0.25) is 4.79 Å². The number of fused-ring (bicyclic) bond motifs is 1. The van der Waals surface area contributed by atoms with Gasteiger partial charge in [0.25, 0.3) is 5.91 Å². The van der Waals surface area contributed by atoms with Crippen LogP contribution in [-0.4, -0.2) is 35.4 Å². The van der Waals surface area contributed by atoms with E-state index in [1.807, 2.05) is 18.7 Å². The molecule has 0 saturated carbocycles. The van der Waals surface area contributed by atoms with Crippen LogP contribution in [0, 0.1) is 0 Å². The molecule has 2 aliphatic rings. The number of nitrogens with one attached hydrogen (secondary N) is 1. The number of ether oxygens (including phenoxy) is 1. The molecule has 0 radical (unpaired) electrons. The van der Waals surface area contributed by atoms with E-state index in [1.165, 1.54) is 0 Å². The smallest absolute Gasteiger partial charge is 0.262 e. The molecule has 0 aliphatic carbocycles. The van der Waals surface area contributed by atoms with Crippen LogP contribution < -0.4 is 5.43 Å². The Labute approximate surface area is 82.4 Å². The Morgan fingerprint density at radius 2 is 2.36 bits per heavy atom. The fourth-order valence-corrected chi connectivity index (χ4v) is 1.62. The van der Waals surface area contributed by atoms with Gasteiger partial charge in [0.05, 0.1) is 6.10 Å². The van der Waals surface area contributed by atoms with Crippen LogP contribution in [0.5, 0.6) is 0 Å². The highest BCUT2D eigenvalue weighted by Gasteiger charge is 2.35. The van der Waals surface area contributed by atoms with Crippen LogP contribution in [0.15, 0.2) is 17.4 Å². The molecule has 0 aromatic heterocycles. The molecular formula is C9H13N3O2. The first-order valence-electron chi connectivity index (χ1n) is 4.57. The minimum Gasteiger partial charge on any atom is -0.364 e. The normalized spacial score (nSPS) is 32.1. The van der Waals surface area contributed by atoms with E-state index in [4.69, 9.17) is 4.74 Å². The van der Waals surface area contributed by atoms with Gasteiger partial charge in [-0.05, 0) is 13.8 Å². The molecule has 0 aromatic carbocycles. The van der Waals surface area contributed by atoms with Gasteiger partial charge >= 0.3 is 0 Å². The average Bonchev–Trinajstić information content (AvgIpc) is 2.17. The fraction of sp³-hybridized carbons (Fsp3) is 0.556. The van der Waals surface area contributed by atoms with Crippen LogP contribution in [0.25, 0.3) is 0 Å². The molecule has 2 aliphatic heterocycles. The van der Waals surface area contributed by atoms with Gasteiger partial charge in [0.1, 0.15) is 12.6 Å². The molecule has 2 atom stereocenters. The number of hydrogen-bond acceptors (Lipinski definition) is 4. The molecule has 0 aromatic rings. The third-order valence-electron chi connectivity index (χ3n) is 2.58. The standard InChI is InChI=1S/C9H13N3O2/c1-5-7(3)14-4-8-10-11-9(13)6(2)12(5)8/h6-7H,1,4H2,2-3H3,(H,11,13). The third kappa shape index (κ3) is 1.21. The Morgan fingerprint density at radius 1 is 1.64 bits per heavy atom. The zero-order valence-electron chi connectivity index (χ0n) is 8.28. The zero-order chi connectivity index (χ0) is 10.3. The van der Waals surface area contributed by atoms with E-state index in [2.05, 4.69) is 17.1 Å². The number of amidine groups is 1. The number of carbonyl (C=O) groups excluding carboxylic acids is 1. The van der Waals surface area contributed by atoms with E-state index < -0.39 is 0 Å². The fourth-order valence-electron chi connectivity index (χ4n) is 1.62. The Morgan fingerprint density at radius 3 is 3.07 bits per heavy atom. The molecule has 5 nitrogen and oxygen atoms in total. The van der Waals surface area contributed by atoms with Gasteiger partial charge in [0, 0.05) is 5.70 Å². The van der Waals surface area contributed by atoms with Crippen LogP contribution >= 0.6 is 0 Å². The summed E-state index contributed by atoms with van der Waals surface area (Å²) in [4.78, 5) is 13.2. The molecule has 1 saturated heterocycles. The number of carbonyl (C=O) groups is 1. The first kappa shape index (κ1) is 9.21. The second-order valence-corrected chi connectivity index (χ2v) is 3.49. The van der Waals surface area contributed by atoms with Gasteiger partial charge in [-0.1, -0.05) is 6.58 Å². The number of rotatable bonds is 0. The number of amides is 1. The molecule has 14 heavy (non-hydrogen) atoms. The Kier molecular flexibility index (Phi) is 2.03. The molecule has 2 heterocycles. The maximum Gasteiger partial charge on any atom is 0.262 e. The van der Waals surface area contributed by atoms with Crippen molar-refractivity contribution in [3.8, 4) is 0 Å². The summed E-state index contributed by atoms with van der Waals surface area (Å²) < 4.78 is 5.42. The van der Waals surface area contributed by atoms with Crippen molar-refractivity contribution >= 4 is 11.7 Å². The summed E-state index contributed by atoms with van der Waals surface area (Å²) in [7, 11) is 0. The van der Waals surface area contributed by atoms with Gasteiger partial charge in [-0.15, -0.1) is 0 Å². The molecule has 2 unspecified atom stereocenters. The molecule has 0 bridgehead atoms. The first-order valence-corrected chi connectivity index (χ1v) is 4.57. The molecule has 1 amide bonds. The van der Waals surface area contributed by atoms with Crippen molar-refractivity contribution in [2.24, 2.45) is 5.10 Å². The van der Waals surface area contributed by atoms with E-state index in [0.717, 1.165) is 11.5 Å². The van der Waals surface area contributed by atoms with Crippen LogP contribution in [0.2, 0.25) is 0 Å². The second kappa shape index (κ2) is 3.09. The summed E-state index contributed by atoms with van der Waals surface area (Å²) in [5.74, 6) is 0.615. The van der Waals surface area contributed by atoms with Crippen molar-refractivity contribution in [2.75, 3.05) is 6.61 Å². The van der Waals surface area contributed by atoms with E-state index in [1.54, 1.807) is 0 Å². The predicted octanol–water partition coefficient (Wildman–Crippen LogP) is 0.0526. The average molecular weight is 195 g/mol. The van der Waals surface area contributed by atoms with Crippen LogP contribution in [0.3, 0.4) is 0 Å². The highest BCUT2D eigenvalue weighted by Crippen LogP contribution is 2.22. The highest BCUT2D eigenvalue weighted by molar-refractivity contribution is 5.96. The maximum atomic E-state index is 11.4. The summed E-state index contributed by atoms with van der Waals surface area (Å²) >= 11 is 0. The van der Waals surface area contributed by atoms with Crippen molar-refractivity contribution in [1.29, 1.82) is 0 Å². The molecule has 1 fully saturated rings. The summed E-state index contributed by atoms with van der Waals surface area (Å²) in [5.41, 5.74) is 3.24. The van der Waals surface area contributed by atoms with Crippen LogP contribution in [0.4, 0.5) is 0 Å². The second-order valence-electron chi connectivity index (χ2n) is 3.49. The van der Waals surface area contributed by atoms with E-state index in [9.17, 15) is 4.79 Å². The monoisotopic (exact) mass is 195 g/mol. The quantitative estimate of drug-likeness (QED) is 0.594. The topological polar surface area (TPSA) is 53.9 Å². The van der Waals surface area contributed by atoms with Gasteiger partial charge in [0.2, 0.25) is 0 Å². The lowest BCUT2D eigenvalue weighted by Crippen LogP contribution is -2.56. The predicted molar refractivity (Wildman–Crippen MR) is 51.4 cm³/mol. The summed E-state index contributed by atoms with van der Waals surface area (Å²) in [6.45, 7) is 8.07. The van der Waals surface area contributed by atoms with Gasteiger partial charge < -0.3 is 9.64 Å². The largest absolute Gasteiger partial charge is 0.364 e. The number of hydrazone groups is 1. The Hall–Kier alpha value is -1.36.